The molecule has 0 radical (unpaired) electrons. The van der Waals surface area contributed by atoms with Crippen molar-refractivity contribution in [2.45, 2.75) is 36.5 Å². The minimum absolute atomic E-state index is 0.834. The Morgan fingerprint density at radius 1 is 0.793 bits per heavy atom. The first kappa shape index (κ1) is 18.5. The highest BCUT2D eigenvalue weighted by atomic mass is 32.2. The summed E-state index contributed by atoms with van der Waals surface area (Å²) >= 11 is 3.51. The van der Waals surface area contributed by atoms with Crippen molar-refractivity contribution < 1.29 is 0 Å². The lowest BCUT2D eigenvalue weighted by atomic mass is 9.97. The molecule has 5 heteroatoms. The van der Waals surface area contributed by atoms with E-state index in [9.17, 15) is 0 Å². The van der Waals surface area contributed by atoms with Gasteiger partial charge in [0.15, 0.2) is 5.82 Å². The zero-order valence-corrected chi connectivity index (χ0v) is 17.7. The fourth-order valence-electron chi connectivity index (χ4n) is 3.62. The van der Waals surface area contributed by atoms with Crippen LogP contribution in [0.25, 0.3) is 22.0 Å². The third kappa shape index (κ3) is 4.11. The van der Waals surface area contributed by atoms with Crippen LogP contribution in [0.5, 0.6) is 0 Å². The third-order valence-electron chi connectivity index (χ3n) is 5.11. The second-order valence-electron chi connectivity index (χ2n) is 7.15. The summed E-state index contributed by atoms with van der Waals surface area (Å²) in [5, 5.41) is 4.37. The zero-order valence-electron chi connectivity index (χ0n) is 16.0. The SMILES string of the molecule is c1ccc(-c2nc3c(c(SCc4csc(-c5ccccc5)n4)n2)CCCC3)cc1. The van der Waals surface area contributed by atoms with Crippen LogP contribution in [-0.2, 0) is 18.6 Å². The van der Waals surface area contributed by atoms with Gasteiger partial charge in [-0.25, -0.2) is 15.0 Å². The van der Waals surface area contributed by atoms with Crippen molar-refractivity contribution in [2.75, 3.05) is 0 Å². The van der Waals surface area contributed by atoms with Crippen LogP contribution in [0.2, 0.25) is 0 Å². The van der Waals surface area contributed by atoms with Crippen molar-refractivity contribution >= 4 is 23.1 Å². The summed E-state index contributed by atoms with van der Waals surface area (Å²) in [7, 11) is 0. The molecule has 0 fully saturated rings. The number of fused-ring (bicyclic) bond motifs is 1. The molecule has 4 aromatic rings. The first-order chi connectivity index (χ1) is 14.4. The number of nitrogens with zero attached hydrogens (tertiary/aromatic N) is 3. The largest absolute Gasteiger partial charge is 0.240 e. The molecular formula is C24H21N3S2. The summed E-state index contributed by atoms with van der Waals surface area (Å²) in [6, 6.07) is 20.7. The molecule has 144 valence electrons. The van der Waals surface area contributed by atoms with Crippen LogP contribution >= 0.6 is 23.1 Å². The molecule has 0 aliphatic heterocycles. The average Bonchev–Trinajstić information content (AvgIpc) is 3.27. The molecular weight excluding hydrogens is 394 g/mol. The van der Waals surface area contributed by atoms with Gasteiger partial charge in [-0.2, -0.15) is 0 Å². The van der Waals surface area contributed by atoms with E-state index in [0.29, 0.717) is 0 Å². The van der Waals surface area contributed by atoms with Gasteiger partial charge in [0, 0.05) is 33.5 Å². The molecule has 3 nitrogen and oxygen atoms in total. The number of aromatic nitrogens is 3. The maximum absolute atomic E-state index is 4.96. The Morgan fingerprint density at radius 3 is 2.31 bits per heavy atom. The van der Waals surface area contributed by atoms with Crippen molar-refractivity contribution in [1.29, 1.82) is 0 Å². The standard InChI is InChI=1S/C24H21N3S2/c1-3-9-17(10-4-1)22-26-21-14-8-7-13-20(21)24(27-22)29-16-19-15-28-23(25-19)18-11-5-2-6-12-18/h1-6,9-12,15H,7-8,13-14,16H2. The summed E-state index contributed by atoms with van der Waals surface area (Å²) in [6.45, 7) is 0. The van der Waals surface area contributed by atoms with Gasteiger partial charge in [0.2, 0.25) is 0 Å². The number of hydrogen-bond donors (Lipinski definition) is 0. The van der Waals surface area contributed by atoms with E-state index in [-0.39, 0.29) is 0 Å². The van der Waals surface area contributed by atoms with Gasteiger partial charge in [0.25, 0.3) is 0 Å². The summed E-state index contributed by atoms with van der Waals surface area (Å²) in [5.41, 5.74) is 5.96. The van der Waals surface area contributed by atoms with Gasteiger partial charge in [-0.3, -0.25) is 0 Å². The molecule has 29 heavy (non-hydrogen) atoms. The number of aryl methyl sites for hydroxylation is 1. The van der Waals surface area contributed by atoms with Crippen LogP contribution in [0.4, 0.5) is 0 Å². The minimum Gasteiger partial charge on any atom is -0.240 e. The van der Waals surface area contributed by atoms with Crippen LogP contribution in [-0.4, -0.2) is 15.0 Å². The highest BCUT2D eigenvalue weighted by Gasteiger charge is 2.19. The van der Waals surface area contributed by atoms with E-state index >= 15 is 0 Å². The first-order valence-electron chi connectivity index (χ1n) is 9.94. The molecule has 2 aromatic carbocycles. The number of rotatable bonds is 5. The van der Waals surface area contributed by atoms with Gasteiger partial charge in [-0.1, -0.05) is 72.4 Å². The smallest absolute Gasteiger partial charge is 0.160 e. The van der Waals surface area contributed by atoms with Gasteiger partial charge in [-0.15, -0.1) is 11.3 Å². The molecule has 0 spiro atoms. The monoisotopic (exact) mass is 415 g/mol. The molecule has 2 aromatic heterocycles. The molecule has 5 rings (SSSR count). The maximum Gasteiger partial charge on any atom is 0.160 e. The second-order valence-corrected chi connectivity index (χ2v) is 8.97. The predicted octanol–water partition coefficient (Wildman–Crippen LogP) is 6.44. The molecule has 0 bridgehead atoms. The van der Waals surface area contributed by atoms with Gasteiger partial charge in [0.1, 0.15) is 10.0 Å². The fourth-order valence-corrected chi connectivity index (χ4v) is 5.53. The Balaban J connectivity index is 1.41. The van der Waals surface area contributed by atoms with E-state index in [1.165, 1.54) is 29.7 Å². The van der Waals surface area contributed by atoms with Crippen molar-refractivity contribution in [3.05, 3.63) is 83.0 Å². The molecule has 1 aliphatic rings. The second kappa shape index (κ2) is 8.47. The van der Waals surface area contributed by atoms with Gasteiger partial charge in [0.05, 0.1) is 5.69 Å². The molecule has 0 saturated carbocycles. The Kier molecular flexibility index (Phi) is 5.41. The lowest BCUT2D eigenvalue weighted by molar-refractivity contribution is 0.647. The lowest BCUT2D eigenvalue weighted by Crippen LogP contribution is -2.10. The number of benzene rings is 2. The van der Waals surface area contributed by atoms with E-state index in [4.69, 9.17) is 15.0 Å². The van der Waals surface area contributed by atoms with Crippen molar-refractivity contribution in [3.63, 3.8) is 0 Å². The Bertz CT molecular complexity index is 1110. The molecule has 0 unspecified atom stereocenters. The number of thiazole rings is 1. The Morgan fingerprint density at radius 2 is 1.52 bits per heavy atom. The summed E-state index contributed by atoms with van der Waals surface area (Å²) < 4.78 is 0. The molecule has 1 aliphatic carbocycles. The molecule has 0 amide bonds. The molecule has 0 atom stereocenters. The normalized spacial score (nSPS) is 13.2. The number of thioether (sulfide) groups is 1. The van der Waals surface area contributed by atoms with Crippen LogP contribution in [0, 0.1) is 0 Å². The van der Waals surface area contributed by atoms with E-state index in [2.05, 4.69) is 41.8 Å². The third-order valence-corrected chi connectivity index (χ3v) is 7.10. The van der Waals surface area contributed by atoms with Crippen LogP contribution in [0.3, 0.4) is 0 Å². The van der Waals surface area contributed by atoms with Gasteiger partial charge >= 0.3 is 0 Å². The van der Waals surface area contributed by atoms with Gasteiger partial charge in [-0.05, 0) is 25.7 Å². The van der Waals surface area contributed by atoms with E-state index in [1.807, 2.05) is 24.3 Å². The Labute approximate surface area is 179 Å². The quantitative estimate of drug-likeness (QED) is 0.278. The highest BCUT2D eigenvalue weighted by molar-refractivity contribution is 7.98. The molecule has 0 saturated heterocycles. The fraction of sp³-hybridized carbons (Fsp3) is 0.208. The minimum atomic E-state index is 0.834. The van der Waals surface area contributed by atoms with E-state index in [1.54, 1.807) is 23.1 Å². The number of hydrogen-bond acceptors (Lipinski definition) is 5. The van der Waals surface area contributed by atoms with E-state index < -0.39 is 0 Å². The summed E-state index contributed by atoms with van der Waals surface area (Å²) in [6.07, 6.45) is 4.58. The van der Waals surface area contributed by atoms with Crippen LogP contribution in [0.15, 0.2) is 71.1 Å². The topological polar surface area (TPSA) is 38.7 Å². The zero-order chi connectivity index (χ0) is 19.5. The van der Waals surface area contributed by atoms with Gasteiger partial charge < -0.3 is 0 Å². The van der Waals surface area contributed by atoms with Crippen molar-refractivity contribution in [3.8, 4) is 22.0 Å². The molecule has 2 heterocycles. The van der Waals surface area contributed by atoms with Crippen molar-refractivity contribution in [1.82, 2.24) is 15.0 Å². The van der Waals surface area contributed by atoms with E-state index in [0.717, 1.165) is 45.7 Å². The van der Waals surface area contributed by atoms with Crippen LogP contribution < -0.4 is 0 Å². The summed E-state index contributed by atoms with van der Waals surface area (Å²) in [5.74, 6) is 1.68. The molecule has 0 N–H and O–H groups in total. The highest BCUT2D eigenvalue weighted by Crippen LogP contribution is 2.33. The lowest BCUT2D eigenvalue weighted by Gasteiger charge is -2.18. The Hall–Kier alpha value is -2.50. The predicted molar refractivity (Wildman–Crippen MR) is 121 cm³/mol. The first-order valence-corrected chi connectivity index (χ1v) is 11.8. The summed E-state index contributed by atoms with van der Waals surface area (Å²) in [4.78, 5) is 14.7. The van der Waals surface area contributed by atoms with Crippen molar-refractivity contribution in [2.24, 2.45) is 0 Å². The average molecular weight is 416 g/mol. The maximum atomic E-state index is 4.96. The van der Waals surface area contributed by atoms with Crippen LogP contribution in [0.1, 0.15) is 29.8 Å².